The lowest BCUT2D eigenvalue weighted by atomic mass is 9.74. The van der Waals surface area contributed by atoms with Gasteiger partial charge in [0.15, 0.2) is 0 Å². The summed E-state index contributed by atoms with van der Waals surface area (Å²) < 4.78 is 0. The van der Waals surface area contributed by atoms with Gasteiger partial charge in [-0.2, -0.15) is 0 Å². The lowest BCUT2D eigenvalue weighted by Gasteiger charge is -2.41. The minimum Gasteiger partial charge on any atom is -0.508 e. The van der Waals surface area contributed by atoms with Gasteiger partial charge in [-0.1, -0.05) is 30.3 Å². The van der Waals surface area contributed by atoms with E-state index >= 15 is 0 Å². The molecule has 2 heterocycles. The van der Waals surface area contributed by atoms with Crippen LogP contribution in [0.3, 0.4) is 0 Å². The van der Waals surface area contributed by atoms with Gasteiger partial charge in [-0.3, -0.25) is 9.69 Å². The predicted octanol–water partition coefficient (Wildman–Crippen LogP) is 2.55. The topological polar surface area (TPSA) is 72.8 Å². The number of fused-ring (bicyclic) bond motifs is 1. The van der Waals surface area contributed by atoms with E-state index in [9.17, 15) is 15.0 Å². The van der Waals surface area contributed by atoms with Crippen LogP contribution >= 0.6 is 0 Å². The van der Waals surface area contributed by atoms with Gasteiger partial charge in [-0.05, 0) is 43.0 Å². The summed E-state index contributed by atoms with van der Waals surface area (Å²) in [6.45, 7) is 2.74. The van der Waals surface area contributed by atoms with E-state index in [0.717, 1.165) is 31.4 Å². The van der Waals surface area contributed by atoms with Crippen LogP contribution in [0.2, 0.25) is 0 Å². The molecular weight excluding hydrogens is 328 g/mol. The molecule has 0 bridgehead atoms. The molecule has 0 aliphatic carbocycles. The molecule has 4 rings (SSSR count). The van der Waals surface area contributed by atoms with Crippen LogP contribution in [0, 0.1) is 5.41 Å². The first-order valence-electron chi connectivity index (χ1n) is 9.14. The molecule has 1 amide bonds. The molecule has 5 nitrogen and oxygen atoms in total. The van der Waals surface area contributed by atoms with Gasteiger partial charge in [0.1, 0.15) is 11.5 Å². The number of nitrogens with one attached hydrogen (secondary N) is 1. The van der Waals surface area contributed by atoms with Gasteiger partial charge in [0.05, 0.1) is 5.41 Å². The molecule has 1 unspecified atom stereocenters. The molecule has 2 aliphatic rings. The zero-order valence-electron chi connectivity index (χ0n) is 14.7. The minimum atomic E-state index is -0.419. The number of phenols is 2. The molecular formula is C21H24N2O3. The van der Waals surface area contributed by atoms with E-state index < -0.39 is 5.41 Å². The van der Waals surface area contributed by atoms with Crippen LogP contribution in [0.15, 0.2) is 42.5 Å². The fourth-order valence-corrected chi connectivity index (χ4v) is 4.33. The zero-order chi connectivity index (χ0) is 18.1. The molecule has 1 saturated heterocycles. The summed E-state index contributed by atoms with van der Waals surface area (Å²) in [5.74, 6) is 0.287. The normalized spacial score (nSPS) is 23.3. The van der Waals surface area contributed by atoms with Crippen molar-refractivity contribution in [3.8, 4) is 11.5 Å². The second kappa shape index (κ2) is 6.65. The first kappa shape index (κ1) is 16.9. The molecule has 0 saturated carbocycles. The molecule has 5 heteroatoms. The average molecular weight is 352 g/mol. The largest absolute Gasteiger partial charge is 0.508 e. The number of nitrogens with zero attached hydrogens (tertiary/aromatic N) is 1. The molecule has 2 aromatic rings. The summed E-state index contributed by atoms with van der Waals surface area (Å²) in [7, 11) is 0. The highest BCUT2D eigenvalue weighted by atomic mass is 16.3. The summed E-state index contributed by atoms with van der Waals surface area (Å²) in [6.07, 6.45) is 2.59. The van der Waals surface area contributed by atoms with Crippen molar-refractivity contribution in [1.29, 1.82) is 0 Å². The van der Waals surface area contributed by atoms with Crippen LogP contribution in [0.5, 0.6) is 11.5 Å². The van der Waals surface area contributed by atoms with Crippen LogP contribution < -0.4 is 5.32 Å². The Balaban J connectivity index is 1.57. The van der Waals surface area contributed by atoms with Crippen LogP contribution in [0.1, 0.15) is 29.5 Å². The third-order valence-corrected chi connectivity index (χ3v) is 5.69. The Labute approximate surface area is 153 Å². The van der Waals surface area contributed by atoms with E-state index in [1.807, 2.05) is 12.1 Å². The summed E-state index contributed by atoms with van der Waals surface area (Å²) >= 11 is 0. The third kappa shape index (κ3) is 3.15. The maximum absolute atomic E-state index is 12.9. The molecule has 0 aromatic heterocycles. The standard InChI is InChI=1S/C21H24N2O3/c24-18-7-6-17(19(25)10-18)13-23-9-3-8-21(14-23)11-15-4-1-2-5-16(15)12-22-20(21)26/h1-2,4-7,10,24-25H,3,8-9,11-14H2,(H,22,26). The highest BCUT2D eigenvalue weighted by Gasteiger charge is 2.43. The first-order chi connectivity index (χ1) is 12.6. The van der Waals surface area contributed by atoms with E-state index in [0.29, 0.717) is 19.6 Å². The SMILES string of the molecule is O=C1NCc2ccccc2CC12CCCN(Cc1ccc(O)cc1O)C2. The molecule has 1 spiro atoms. The maximum Gasteiger partial charge on any atom is 0.228 e. The van der Waals surface area contributed by atoms with Crippen LogP contribution in [-0.4, -0.2) is 34.1 Å². The lowest BCUT2D eigenvalue weighted by Crippen LogP contribution is -2.51. The number of hydrogen-bond acceptors (Lipinski definition) is 4. The quantitative estimate of drug-likeness (QED) is 0.777. The van der Waals surface area contributed by atoms with Crippen molar-refractivity contribution in [2.75, 3.05) is 13.1 Å². The number of hydrogen-bond donors (Lipinski definition) is 3. The van der Waals surface area contributed by atoms with Gasteiger partial charge in [-0.15, -0.1) is 0 Å². The fourth-order valence-electron chi connectivity index (χ4n) is 4.33. The highest BCUT2D eigenvalue weighted by Crippen LogP contribution is 2.37. The van der Waals surface area contributed by atoms with E-state index in [2.05, 4.69) is 22.3 Å². The monoisotopic (exact) mass is 352 g/mol. The number of carbonyl (C=O) groups is 1. The number of piperidine rings is 1. The Hall–Kier alpha value is -2.53. The lowest BCUT2D eigenvalue weighted by molar-refractivity contribution is -0.134. The van der Waals surface area contributed by atoms with E-state index in [1.165, 1.54) is 17.2 Å². The van der Waals surface area contributed by atoms with Crippen molar-refractivity contribution >= 4 is 5.91 Å². The average Bonchev–Trinajstić information content (AvgIpc) is 2.75. The van der Waals surface area contributed by atoms with Gasteiger partial charge in [-0.25, -0.2) is 0 Å². The van der Waals surface area contributed by atoms with Gasteiger partial charge < -0.3 is 15.5 Å². The second-order valence-corrected chi connectivity index (χ2v) is 7.54. The van der Waals surface area contributed by atoms with Crippen molar-refractivity contribution in [3.63, 3.8) is 0 Å². The smallest absolute Gasteiger partial charge is 0.228 e. The number of likely N-dealkylation sites (tertiary alicyclic amines) is 1. The number of phenolic OH excluding ortho intramolecular Hbond substituents is 2. The van der Waals surface area contributed by atoms with Crippen molar-refractivity contribution in [3.05, 3.63) is 59.2 Å². The summed E-state index contributed by atoms with van der Waals surface area (Å²) in [4.78, 5) is 15.2. The fraction of sp³-hybridized carbons (Fsp3) is 0.381. The molecule has 2 aliphatic heterocycles. The molecule has 3 N–H and O–H groups in total. The molecule has 1 atom stereocenters. The van der Waals surface area contributed by atoms with Crippen molar-refractivity contribution in [2.24, 2.45) is 5.41 Å². The predicted molar refractivity (Wildman–Crippen MR) is 98.7 cm³/mol. The Bertz CT molecular complexity index is 836. The maximum atomic E-state index is 12.9. The second-order valence-electron chi connectivity index (χ2n) is 7.54. The van der Waals surface area contributed by atoms with Crippen molar-refractivity contribution in [1.82, 2.24) is 10.2 Å². The summed E-state index contributed by atoms with van der Waals surface area (Å²) in [6, 6.07) is 13.0. The van der Waals surface area contributed by atoms with Crippen LogP contribution in [-0.2, 0) is 24.3 Å². The minimum absolute atomic E-state index is 0.0566. The van der Waals surface area contributed by atoms with Gasteiger partial charge in [0, 0.05) is 31.3 Å². The van der Waals surface area contributed by atoms with E-state index in [4.69, 9.17) is 0 Å². The number of amides is 1. The van der Waals surface area contributed by atoms with Gasteiger partial charge in [0.25, 0.3) is 0 Å². The van der Waals surface area contributed by atoms with Crippen molar-refractivity contribution < 1.29 is 15.0 Å². The molecule has 136 valence electrons. The Morgan fingerprint density at radius 3 is 2.73 bits per heavy atom. The van der Waals surface area contributed by atoms with Crippen LogP contribution in [0.4, 0.5) is 0 Å². The van der Waals surface area contributed by atoms with E-state index in [1.54, 1.807) is 12.1 Å². The molecule has 2 aromatic carbocycles. The number of aromatic hydroxyl groups is 2. The Kier molecular flexibility index (Phi) is 4.32. The molecule has 0 radical (unpaired) electrons. The number of benzene rings is 2. The van der Waals surface area contributed by atoms with Crippen molar-refractivity contribution in [2.45, 2.75) is 32.4 Å². The number of carbonyl (C=O) groups excluding carboxylic acids is 1. The van der Waals surface area contributed by atoms with E-state index in [-0.39, 0.29) is 17.4 Å². The summed E-state index contributed by atoms with van der Waals surface area (Å²) in [5.41, 5.74) is 2.80. The summed E-state index contributed by atoms with van der Waals surface area (Å²) in [5, 5.41) is 22.7. The molecule has 26 heavy (non-hydrogen) atoms. The first-order valence-corrected chi connectivity index (χ1v) is 9.14. The highest BCUT2D eigenvalue weighted by molar-refractivity contribution is 5.84. The zero-order valence-corrected chi connectivity index (χ0v) is 14.7. The van der Waals surface area contributed by atoms with Gasteiger partial charge in [0.2, 0.25) is 5.91 Å². The number of rotatable bonds is 2. The Morgan fingerprint density at radius 1 is 1.12 bits per heavy atom. The third-order valence-electron chi connectivity index (χ3n) is 5.69. The van der Waals surface area contributed by atoms with Gasteiger partial charge >= 0.3 is 0 Å². The Morgan fingerprint density at radius 2 is 1.92 bits per heavy atom. The van der Waals surface area contributed by atoms with Crippen LogP contribution in [0.25, 0.3) is 0 Å². The molecule has 1 fully saturated rings.